The van der Waals surface area contributed by atoms with E-state index in [9.17, 15) is 4.79 Å². The van der Waals surface area contributed by atoms with Crippen LogP contribution in [0.3, 0.4) is 0 Å². The smallest absolute Gasteiger partial charge is 0.258 e. The summed E-state index contributed by atoms with van der Waals surface area (Å²) < 4.78 is 10.5. The van der Waals surface area contributed by atoms with Gasteiger partial charge in [0.15, 0.2) is 0 Å². The number of hydrogen-bond donors (Lipinski definition) is 1. The van der Waals surface area contributed by atoms with E-state index in [1.165, 1.54) is 0 Å². The molecule has 1 N–H and O–H groups in total. The second-order valence-corrected chi connectivity index (χ2v) is 6.46. The van der Waals surface area contributed by atoms with Crippen LogP contribution < -0.4 is 19.7 Å². The Morgan fingerprint density at radius 2 is 1.85 bits per heavy atom. The van der Waals surface area contributed by atoms with E-state index in [-0.39, 0.29) is 5.91 Å². The van der Waals surface area contributed by atoms with Crippen molar-refractivity contribution in [3.63, 3.8) is 0 Å². The lowest BCUT2D eigenvalue weighted by Gasteiger charge is -2.30. The maximum absolute atomic E-state index is 12.5. The molecule has 1 aliphatic heterocycles. The van der Waals surface area contributed by atoms with Crippen molar-refractivity contribution in [2.75, 3.05) is 37.5 Å². The summed E-state index contributed by atoms with van der Waals surface area (Å²) in [7, 11) is 3.12. The van der Waals surface area contributed by atoms with Gasteiger partial charge >= 0.3 is 0 Å². The molecule has 1 amide bonds. The van der Waals surface area contributed by atoms with Crippen molar-refractivity contribution in [3.05, 3.63) is 36.2 Å². The number of rotatable bonds is 5. The lowest BCUT2D eigenvalue weighted by molar-refractivity contribution is 0.102. The van der Waals surface area contributed by atoms with Crippen LogP contribution in [0.15, 0.2) is 30.6 Å². The van der Waals surface area contributed by atoms with Gasteiger partial charge in [0.25, 0.3) is 5.91 Å². The number of ether oxygens (including phenoxy) is 2. The predicted molar refractivity (Wildman–Crippen MR) is 100 cm³/mol. The molecule has 7 heteroatoms. The molecule has 1 saturated heterocycles. The Kier molecular flexibility index (Phi) is 5.55. The number of aromatic nitrogens is 2. The molecule has 1 aliphatic rings. The van der Waals surface area contributed by atoms with Crippen LogP contribution in [0.25, 0.3) is 0 Å². The van der Waals surface area contributed by atoms with Crippen LogP contribution in [0.5, 0.6) is 11.5 Å². The van der Waals surface area contributed by atoms with E-state index in [0.29, 0.717) is 28.7 Å². The number of hydrogen-bond acceptors (Lipinski definition) is 6. The number of nitrogens with one attached hydrogen (secondary N) is 1. The molecule has 0 spiro atoms. The van der Waals surface area contributed by atoms with E-state index >= 15 is 0 Å². The molecule has 1 fully saturated rings. The summed E-state index contributed by atoms with van der Waals surface area (Å²) in [5.74, 6) is 2.32. The number of piperidine rings is 1. The average Bonchev–Trinajstić information content (AvgIpc) is 2.69. The van der Waals surface area contributed by atoms with Gasteiger partial charge in [-0.1, -0.05) is 6.92 Å². The molecule has 0 aliphatic carbocycles. The summed E-state index contributed by atoms with van der Waals surface area (Å²) >= 11 is 0. The number of benzene rings is 1. The lowest BCUT2D eigenvalue weighted by Crippen LogP contribution is -2.34. The summed E-state index contributed by atoms with van der Waals surface area (Å²) in [6, 6.07) is 5.21. The maximum Gasteiger partial charge on any atom is 0.258 e. The van der Waals surface area contributed by atoms with Crippen LogP contribution in [0, 0.1) is 5.92 Å². The monoisotopic (exact) mass is 356 g/mol. The van der Waals surface area contributed by atoms with Gasteiger partial charge in [0, 0.05) is 31.5 Å². The van der Waals surface area contributed by atoms with Crippen molar-refractivity contribution >= 4 is 17.5 Å². The standard InChI is InChI=1S/C19H24N4O3/c1-13-6-8-23(9-7-13)19-20-11-14(12-21-19)18(24)22-16-5-4-15(25-2)10-17(16)26-3/h4-5,10-13H,6-9H2,1-3H3,(H,22,24). The zero-order valence-electron chi connectivity index (χ0n) is 15.4. The molecule has 2 aromatic rings. The molecule has 0 radical (unpaired) electrons. The van der Waals surface area contributed by atoms with Crippen LogP contribution in [0.1, 0.15) is 30.1 Å². The first-order chi connectivity index (χ1) is 12.6. The van der Waals surface area contributed by atoms with Crippen molar-refractivity contribution in [2.45, 2.75) is 19.8 Å². The largest absolute Gasteiger partial charge is 0.497 e. The summed E-state index contributed by atoms with van der Waals surface area (Å²) in [6.07, 6.45) is 5.41. The Balaban J connectivity index is 1.69. The van der Waals surface area contributed by atoms with Gasteiger partial charge in [0.2, 0.25) is 5.95 Å². The van der Waals surface area contributed by atoms with Gasteiger partial charge < -0.3 is 19.7 Å². The minimum absolute atomic E-state index is 0.285. The third-order valence-corrected chi connectivity index (χ3v) is 4.62. The number of nitrogens with zero attached hydrogens (tertiary/aromatic N) is 3. The van der Waals surface area contributed by atoms with Crippen molar-refractivity contribution in [3.8, 4) is 11.5 Å². The highest BCUT2D eigenvalue weighted by Gasteiger charge is 2.18. The highest BCUT2D eigenvalue weighted by Crippen LogP contribution is 2.29. The minimum Gasteiger partial charge on any atom is -0.497 e. The van der Waals surface area contributed by atoms with Gasteiger partial charge in [-0.15, -0.1) is 0 Å². The summed E-state index contributed by atoms with van der Waals surface area (Å²) in [6.45, 7) is 4.17. The Morgan fingerprint density at radius 3 is 2.46 bits per heavy atom. The number of carbonyl (C=O) groups is 1. The molecular weight excluding hydrogens is 332 g/mol. The molecule has 26 heavy (non-hydrogen) atoms. The van der Waals surface area contributed by atoms with Gasteiger partial charge in [-0.25, -0.2) is 9.97 Å². The van der Waals surface area contributed by atoms with Crippen molar-refractivity contribution in [2.24, 2.45) is 5.92 Å². The van der Waals surface area contributed by atoms with Crippen LogP contribution in [-0.4, -0.2) is 43.2 Å². The molecular formula is C19H24N4O3. The molecule has 7 nitrogen and oxygen atoms in total. The third kappa shape index (κ3) is 4.04. The van der Waals surface area contributed by atoms with Gasteiger partial charge in [0.05, 0.1) is 25.5 Å². The molecule has 0 atom stereocenters. The second kappa shape index (κ2) is 8.03. The maximum atomic E-state index is 12.5. The van der Waals surface area contributed by atoms with E-state index in [2.05, 4.69) is 27.1 Å². The van der Waals surface area contributed by atoms with Gasteiger partial charge in [0.1, 0.15) is 11.5 Å². The highest BCUT2D eigenvalue weighted by atomic mass is 16.5. The van der Waals surface area contributed by atoms with Gasteiger partial charge in [-0.2, -0.15) is 0 Å². The molecule has 2 heterocycles. The van der Waals surface area contributed by atoms with E-state index in [1.807, 2.05) is 0 Å². The summed E-state index contributed by atoms with van der Waals surface area (Å²) in [4.78, 5) is 23.4. The zero-order valence-corrected chi connectivity index (χ0v) is 15.4. The van der Waals surface area contributed by atoms with E-state index < -0.39 is 0 Å². The molecule has 0 unspecified atom stereocenters. The first-order valence-corrected chi connectivity index (χ1v) is 8.71. The third-order valence-electron chi connectivity index (χ3n) is 4.62. The predicted octanol–water partition coefficient (Wildman–Crippen LogP) is 2.98. The number of amides is 1. The zero-order chi connectivity index (χ0) is 18.5. The van der Waals surface area contributed by atoms with Crippen molar-refractivity contribution in [1.82, 2.24) is 9.97 Å². The van der Waals surface area contributed by atoms with E-state index in [0.717, 1.165) is 31.8 Å². The molecule has 1 aromatic carbocycles. The van der Waals surface area contributed by atoms with Crippen LogP contribution in [0.2, 0.25) is 0 Å². The van der Waals surface area contributed by atoms with Crippen molar-refractivity contribution in [1.29, 1.82) is 0 Å². The molecule has 3 rings (SSSR count). The normalized spacial score (nSPS) is 14.8. The van der Waals surface area contributed by atoms with Gasteiger partial charge in [-0.05, 0) is 30.9 Å². The second-order valence-electron chi connectivity index (χ2n) is 6.46. The molecule has 0 bridgehead atoms. The minimum atomic E-state index is -0.285. The van der Waals surface area contributed by atoms with E-state index in [4.69, 9.17) is 9.47 Å². The fourth-order valence-electron chi connectivity index (χ4n) is 2.91. The Bertz CT molecular complexity index is 756. The van der Waals surface area contributed by atoms with E-state index in [1.54, 1.807) is 44.8 Å². The molecule has 0 saturated carbocycles. The van der Waals surface area contributed by atoms with Crippen LogP contribution >= 0.6 is 0 Å². The number of carbonyl (C=O) groups excluding carboxylic acids is 1. The number of methoxy groups -OCH3 is 2. The highest BCUT2D eigenvalue weighted by molar-refractivity contribution is 6.04. The van der Waals surface area contributed by atoms with Gasteiger partial charge in [-0.3, -0.25) is 4.79 Å². The number of anilines is 2. The fraction of sp³-hybridized carbons (Fsp3) is 0.421. The quantitative estimate of drug-likeness (QED) is 0.887. The van der Waals surface area contributed by atoms with Crippen LogP contribution in [-0.2, 0) is 0 Å². The first-order valence-electron chi connectivity index (χ1n) is 8.71. The summed E-state index contributed by atoms with van der Waals surface area (Å²) in [5.41, 5.74) is 0.962. The average molecular weight is 356 g/mol. The lowest BCUT2D eigenvalue weighted by atomic mass is 10.00. The SMILES string of the molecule is COc1ccc(NC(=O)c2cnc(N3CCC(C)CC3)nc2)c(OC)c1. The van der Waals surface area contributed by atoms with Crippen LogP contribution in [0.4, 0.5) is 11.6 Å². The fourth-order valence-corrected chi connectivity index (χ4v) is 2.91. The Morgan fingerprint density at radius 1 is 1.15 bits per heavy atom. The molecule has 138 valence electrons. The van der Waals surface area contributed by atoms with Crippen molar-refractivity contribution < 1.29 is 14.3 Å². The topological polar surface area (TPSA) is 76.6 Å². The molecule has 1 aromatic heterocycles. The summed E-state index contributed by atoms with van der Waals surface area (Å²) in [5, 5.41) is 2.82. The Hall–Kier alpha value is -2.83. The first kappa shape index (κ1) is 18.0. The Labute approximate surface area is 153 Å².